The summed E-state index contributed by atoms with van der Waals surface area (Å²) in [7, 11) is 0. The Kier molecular flexibility index (Phi) is 5.33. The van der Waals surface area contributed by atoms with E-state index in [-0.39, 0.29) is 0 Å². The smallest absolute Gasteiger partial charge is 0.318 e. The number of benzene rings is 2. The fraction of sp³-hybridized carbons (Fsp3) is 0.111. The number of rotatable bonds is 5. The number of amides is 3. The van der Waals surface area contributed by atoms with Crippen molar-refractivity contribution in [2.24, 2.45) is 5.73 Å². The van der Waals surface area contributed by atoms with Crippen LogP contribution in [-0.2, 0) is 4.79 Å². The number of nitrogens with zero attached hydrogens (tertiary/aromatic N) is 2. The number of nitrogens with two attached hydrogens (primary N) is 1. The normalized spacial score (nSPS) is 11.7. The molecule has 1 aromatic heterocycles. The SMILES string of the molecule is C[C@@H](Sc1nc(Nc2ccccc2)c2ccccc2n1)C(=O)NC(N)=O. The maximum Gasteiger partial charge on any atom is 0.318 e. The molecule has 0 spiro atoms. The quantitative estimate of drug-likeness (QED) is 0.472. The van der Waals surface area contributed by atoms with Crippen LogP contribution in [0.25, 0.3) is 10.9 Å². The van der Waals surface area contributed by atoms with E-state index >= 15 is 0 Å². The van der Waals surface area contributed by atoms with Crippen molar-refractivity contribution in [3.8, 4) is 0 Å². The van der Waals surface area contributed by atoms with Gasteiger partial charge in [-0.1, -0.05) is 42.1 Å². The third-order valence-electron chi connectivity index (χ3n) is 3.52. The second-order valence-corrected chi connectivity index (χ2v) is 6.78. The minimum Gasteiger partial charge on any atom is -0.351 e. The molecule has 8 heteroatoms. The third-order valence-corrected chi connectivity index (χ3v) is 4.48. The number of imide groups is 1. The Labute approximate surface area is 154 Å². The summed E-state index contributed by atoms with van der Waals surface area (Å²) in [6.45, 7) is 1.66. The summed E-state index contributed by atoms with van der Waals surface area (Å²) in [5.41, 5.74) is 6.64. The topological polar surface area (TPSA) is 110 Å². The number of hydrogen-bond acceptors (Lipinski definition) is 6. The lowest BCUT2D eigenvalue weighted by Gasteiger charge is -2.13. The fourth-order valence-corrected chi connectivity index (χ4v) is 3.07. The third kappa shape index (κ3) is 4.28. The van der Waals surface area contributed by atoms with Crippen molar-refractivity contribution in [3.63, 3.8) is 0 Å². The minimum absolute atomic E-state index is 0.425. The summed E-state index contributed by atoms with van der Waals surface area (Å²) < 4.78 is 0. The van der Waals surface area contributed by atoms with Gasteiger partial charge in [0.2, 0.25) is 5.91 Å². The largest absolute Gasteiger partial charge is 0.351 e. The van der Waals surface area contributed by atoms with Crippen LogP contribution in [0.5, 0.6) is 0 Å². The van der Waals surface area contributed by atoms with Crippen LogP contribution in [0.1, 0.15) is 6.92 Å². The van der Waals surface area contributed by atoms with Gasteiger partial charge >= 0.3 is 6.03 Å². The summed E-state index contributed by atoms with van der Waals surface area (Å²) in [5, 5.41) is 6.07. The fourth-order valence-electron chi connectivity index (χ4n) is 2.30. The van der Waals surface area contributed by atoms with Gasteiger partial charge in [-0.05, 0) is 31.2 Å². The molecular weight excluding hydrogens is 350 g/mol. The molecule has 2 aromatic carbocycles. The Hall–Kier alpha value is -3.13. The molecular formula is C18H17N5O2S. The Balaban J connectivity index is 1.91. The van der Waals surface area contributed by atoms with Gasteiger partial charge in [0.15, 0.2) is 5.16 Å². The molecule has 0 saturated heterocycles. The van der Waals surface area contributed by atoms with Crippen molar-refractivity contribution >= 4 is 46.1 Å². The highest BCUT2D eigenvalue weighted by Gasteiger charge is 2.18. The van der Waals surface area contributed by atoms with E-state index in [0.717, 1.165) is 28.4 Å². The highest BCUT2D eigenvalue weighted by atomic mass is 32.2. The lowest BCUT2D eigenvalue weighted by molar-refractivity contribution is -0.119. The lowest BCUT2D eigenvalue weighted by atomic mass is 10.2. The van der Waals surface area contributed by atoms with E-state index in [1.54, 1.807) is 6.92 Å². The number of anilines is 2. The van der Waals surface area contributed by atoms with E-state index < -0.39 is 17.2 Å². The average Bonchev–Trinajstić information content (AvgIpc) is 2.62. The van der Waals surface area contributed by atoms with E-state index in [9.17, 15) is 9.59 Å². The molecule has 3 rings (SSSR count). The van der Waals surface area contributed by atoms with Gasteiger partial charge in [-0.15, -0.1) is 0 Å². The summed E-state index contributed by atoms with van der Waals surface area (Å²) in [6.07, 6.45) is 0. The highest BCUT2D eigenvalue weighted by molar-refractivity contribution is 8.00. The minimum atomic E-state index is -0.881. The van der Waals surface area contributed by atoms with Gasteiger partial charge in [0.25, 0.3) is 0 Å². The van der Waals surface area contributed by atoms with Gasteiger partial charge in [0.05, 0.1) is 10.8 Å². The number of thioether (sulfide) groups is 1. The number of fused-ring (bicyclic) bond motifs is 1. The molecule has 1 atom stereocenters. The predicted octanol–water partition coefficient (Wildman–Crippen LogP) is 3.05. The Bertz CT molecular complexity index is 949. The Morgan fingerprint density at radius 3 is 2.46 bits per heavy atom. The number of nitrogens with one attached hydrogen (secondary N) is 2. The molecule has 4 N–H and O–H groups in total. The zero-order valence-electron chi connectivity index (χ0n) is 14.0. The van der Waals surface area contributed by atoms with E-state index in [4.69, 9.17) is 5.73 Å². The van der Waals surface area contributed by atoms with Gasteiger partial charge in [-0.3, -0.25) is 10.1 Å². The van der Waals surface area contributed by atoms with Crippen LogP contribution in [0.4, 0.5) is 16.3 Å². The Morgan fingerprint density at radius 2 is 1.73 bits per heavy atom. The lowest BCUT2D eigenvalue weighted by Crippen LogP contribution is -2.39. The van der Waals surface area contributed by atoms with Crippen molar-refractivity contribution in [3.05, 3.63) is 54.6 Å². The summed E-state index contributed by atoms with van der Waals surface area (Å²) in [5.74, 6) is 0.156. The molecule has 0 aliphatic heterocycles. The summed E-state index contributed by atoms with van der Waals surface area (Å²) in [4.78, 5) is 31.8. The monoisotopic (exact) mass is 367 g/mol. The summed E-state index contributed by atoms with van der Waals surface area (Å²) >= 11 is 1.15. The maximum atomic E-state index is 11.9. The van der Waals surface area contributed by atoms with Gasteiger partial charge in [0.1, 0.15) is 5.82 Å². The van der Waals surface area contributed by atoms with Crippen LogP contribution < -0.4 is 16.4 Å². The number of urea groups is 1. The van der Waals surface area contributed by atoms with Crippen LogP contribution in [0.15, 0.2) is 59.8 Å². The van der Waals surface area contributed by atoms with Crippen LogP contribution in [0.3, 0.4) is 0 Å². The van der Waals surface area contributed by atoms with Crippen LogP contribution in [0.2, 0.25) is 0 Å². The number of aromatic nitrogens is 2. The van der Waals surface area contributed by atoms with Crippen molar-refractivity contribution in [1.29, 1.82) is 0 Å². The van der Waals surface area contributed by atoms with Crippen LogP contribution in [-0.4, -0.2) is 27.2 Å². The van der Waals surface area contributed by atoms with Crippen LogP contribution in [0, 0.1) is 0 Å². The van der Waals surface area contributed by atoms with E-state index in [1.165, 1.54) is 0 Å². The van der Waals surface area contributed by atoms with Crippen LogP contribution >= 0.6 is 11.8 Å². The zero-order chi connectivity index (χ0) is 18.5. The van der Waals surface area contributed by atoms with E-state index in [2.05, 4.69) is 20.6 Å². The van der Waals surface area contributed by atoms with E-state index in [0.29, 0.717) is 11.0 Å². The molecule has 3 amide bonds. The van der Waals surface area contributed by atoms with Gasteiger partial charge in [-0.25, -0.2) is 14.8 Å². The molecule has 26 heavy (non-hydrogen) atoms. The molecule has 132 valence electrons. The molecule has 0 saturated carbocycles. The van der Waals surface area contributed by atoms with E-state index in [1.807, 2.05) is 54.6 Å². The van der Waals surface area contributed by atoms with Gasteiger partial charge in [0, 0.05) is 11.1 Å². The standard InChI is InChI=1S/C18H17N5O2S/c1-11(16(24)23-17(19)25)26-18-21-14-10-6-5-9-13(14)15(22-18)20-12-7-3-2-4-8-12/h2-11H,1H3,(H,20,21,22)(H3,19,23,24,25)/t11-/m1/s1. The van der Waals surface area contributed by atoms with Crippen molar-refractivity contribution in [2.45, 2.75) is 17.3 Å². The highest BCUT2D eigenvalue weighted by Crippen LogP contribution is 2.28. The Morgan fingerprint density at radius 1 is 1.04 bits per heavy atom. The summed E-state index contributed by atoms with van der Waals surface area (Å²) in [6, 6.07) is 16.4. The first-order valence-corrected chi connectivity index (χ1v) is 8.76. The number of carbonyl (C=O) groups is 2. The molecule has 0 bridgehead atoms. The predicted molar refractivity (Wildman–Crippen MR) is 102 cm³/mol. The molecule has 0 radical (unpaired) electrons. The molecule has 7 nitrogen and oxygen atoms in total. The van der Waals surface area contributed by atoms with Gasteiger partial charge in [-0.2, -0.15) is 0 Å². The number of carbonyl (C=O) groups excluding carboxylic acids is 2. The average molecular weight is 367 g/mol. The first-order chi connectivity index (χ1) is 12.5. The van der Waals surface area contributed by atoms with Crippen molar-refractivity contribution < 1.29 is 9.59 Å². The second-order valence-electron chi connectivity index (χ2n) is 5.48. The zero-order valence-corrected chi connectivity index (χ0v) is 14.8. The molecule has 0 aliphatic rings. The second kappa shape index (κ2) is 7.83. The van der Waals surface area contributed by atoms with Crippen molar-refractivity contribution in [2.75, 3.05) is 5.32 Å². The molecule has 0 unspecified atom stereocenters. The number of primary amides is 1. The molecule has 3 aromatic rings. The maximum absolute atomic E-state index is 11.9. The molecule has 1 heterocycles. The van der Waals surface area contributed by atoms with Gasteiger partial charge < -0.3 is 11.1 Å². The molecule has 0 aliphatic carbocycles. The first-order valence-electron chi connectivity index (χ1n) is 7.89. The number of para-hydroxylation sites is 2. The molecule has 0 fully saturated rings. The first kappa shape index (κ1) is 17.7. The van der Waals surface area contributed by atoms with Crippen molar-refractivity contribution in [1.82, 2.24) is 15.3 Å². The number of hydrogen-bond donors (Lipinski definition) is 3.